The van der Waals surface area contributed by atoms with Crippen LogP contribution >= 0.6 is 0 Å². The fourth-order valence-electron chi connectivity index (χ4n) is 5.03. The van der Waals surface area contributed by atoms with Crippen LogP contribution in [0.2, 0.25) is 0 Å². The van der Waals surface area contributed by atoms with Crippen molar-refractivity contribution in [3.8, 4) is 17.1 Å². The summed E-state index contributed by atoms with van der Waals surface area (Å²) in [6.07, 6.45) is 3.94. The Morgan fingerprint density at radius 1 is 1.17 bits per heavy atom. The van der Waals surface area contributed by atoms with Crippen LogP contribution in [0.4, 0.5) is 0 Å². The largest absolute Gasteiger partial charge is 0.483 e. The first-order valence-electron chi connectivity index (χ1n) is 11.8. The summed E-state index contributed by atoms with van der Waals surface area (Å²) < 4.78 is 13.0. The number of furan rings is 1. The van der Waals surface area contributed by atoms with Crippen molar-refractivity contribution in [2.45, 2.75) is 26.3 Å². The van der Waals surface area contributed by atoms with Crippen LogP contribution < -0.4 is 0 Å². The van der Waals surface area contributed by atoms with Gasteiger partial charge in [0.15, 0.2) is 5.76 Å². The van der Waals surface area contributed by atoms with Gasteiger partial charge in [0, 0.05) is 45.0 Å². The first-order chi connectivity index (χ1) is 17.0. The highest BCUT2D eigenvalue weighted by Crippen LogP contribution is 2.41. The molecule has 0 saturated carbocycles. The van der Waals surface area contributed by atoms with Crippen molar-refractivity contribution in [2.75, 3.05) is 39.9 Å². The molecule has 2 saturated heterocycles. The fraction of sp³-hybridized carbons (Fsp3) is 0.423. The minimum absolute atomic E-state index is 0.245. The maximum absolute atomic E-state index is 13.1. The lowest BCUT2D eigenvalue weighted by Crippen LogP contribution is -2.38. The van der Waals surface area contributed by atoms with E-state index in [1.807, 2.05) is 59.0 Å². The van der Waals surface area contributed by atoms with E-state index in [0.717, 1.165) is 67.5 Å². The highest BCUT2D eigenvalue weighted by atomic mass is 16.5. The molecule has 1 spiro atoms. The normalized spacial score (nSPS) is 19.8. The van der Waals surface area contributed by atoms with Crippen molar-refractivity contribution < 1.29 is 23.8 Å². The molecule has 1 amide bonds. The average Bonchev–Trinajstić information content (AvgIpc) is 3.64. The number of para-hydroxylation sites is 1. The van der Waals surface area contributed by atoms with Gasteiger partial charge in [-0.1, -0.05) is 18.2 Å². The second-order valence-corrected chi connectivity index (χ2v) is 9.07. The molecule has 0 aliphatic carbocycles. The molecular weight excluding hydrogens is 448 g/mol. The summed E-state index contributed by atoms with van der Waals surface area (Å²) in [5.41, 5.74) is 2.75. The van der Waals surface area contributed by atoms with Gasteiger partial charge in [-0.25, -0.2) is 4.68 Å². The minimum atomic E-state index is -0.250. The minimum Gasteiger partial charge on any atom is -0.483 e. The summed E-state index contributed by atoms with van der Waals surface area (Å²) in [5, 5.41) is 11.8. The highest BCUT2D eigenvalue weighted by Gasteiger charge is 2.50. The van der Waals surface area contributed by atoms with Gasteiger partial charge in [0.2, 0.25) is 5.91 Å². The van der Waals surface area contributed by atoms with Gasteiger partial charge < -0.3 is 19.2 Å². The number of hydrogen-bond acceptors (Lipinski definition) is 6. The molecule has 1 atom stereocenters. The molecule has 186 valence electrons. The smallest absolute Gasteiger partial charge is 0.290 e. The van der Waals surface area contributed by atoms with E-state index in [9.17, 15) is 4.79 Å². The van der Waals surface area contributed by atoms with Crippen LogP contribution in [0.15, 0.2) is 53.1 Å². The number of nitrogens with zero attached hydrogens (tertiary/aromatic N) is 4. The van der Waals surface area contributed by atoms with Gasteiger partial charge in [0.05, 0.1) is 17.7 Å². The van der Waals surface area contributed by atoms with Crippen LogP contribution in [0.25, 0.3) is 17.1 Å². The Morgan fingerprint density at radius 3 is 2.60 bits per heavy atom. The van der Waals surface area contributed by atoms with Crippen molar-refractivity contribution in [3.63, 3.8) is 0 Å². The molecule has 5 rings (SSSR count). The Balaban J connectivity index is 0.000000917. The molecule has 2 aliphatic heterocycles. The number of carboxylic acid groups (broad SMARTS) is 1. The van der Waals surface area contributed by atoms with Gasteiger partial charge >= 0.3 is 0 Å². The lowest BCUT2D eigenvalue weighted by molar-refractivity contribution is -0.136. The molecule has 35 heavy (non-hydrogen) atoms. The number of amides is 1. The number of hydrogen-bond donors (Lipinski definition) is 1. The molecule has 0 radical (unpaired) electrons. The monoisotopic (exact) mass is 480 g/mol. The lowest BCUT2D eigenvalue weighted by atomic mass is 9.85. The zero-order chi connectivity index (χ0) is 24.8. The maximum Gasteiger partial charge on any atom is 0.290 e. The van der Waals surface area contributed by atoms with E-state index in [1.165, 1.54) is 0 Å². The van der Waals surface area contributed by atoms with Crippen molar-refractivity contribution >= 4 is 12.4 Å². The zero-order valence-electron chi connectivity index (χ0n) is 20.2. The van der Waals surface area contributed by atoms with E-state index < -0.39 is 0 Å². The van der Waals surface area contributed by atoms with Gasteiger partial charge in [-0.2, -0.15) is 5.10 Å². The Bertz CT molecular complexity index is 1140. The number of carbonyl (C=O) groups is 2. The molecule has 9 nitrogen and oxygen atoms in total. The van der Waals surface area contributed by atoms with E-state index in [-0.39, 0.29) is 11.9 Å². The number of methoxy groups -OCH3 is 1. The number of aromatic nitrogens is 2. The van der Waals surface area contributed by atoms with Gasteiger partial charge in [-0.05, 0) is 50.6 Å². The Morgan fingerprint density at radius 2 is 1.91 bits per heavy atom. The molecule has 2 aliphatic rings. The molecule has 3 aromatic rings. The van der Waals surface area contributed by atoms with E-state index in [4.69, 9.17) is 24.2 Å². The molecule has 1 N–H and O–H groups in total. The first kappa shape index (κ1) is 24.7. The van der Waals surface area contributed by atoms with Crippen molar-refractivity contribution in [1.29, 1.82) is 0 Å². The summed E-state index contributed by atoms with van der Waals surface area (Å²) >= 11 is 0. The van der Waals surface area contributed by atoms with Gasteiger partial charge in [-0.15, -0.1) is 0 Å². The fourth-order valence-corrected chi connectivity index (χ4v) is 5.03. The van der Waals surface area contributed by atoms with Gasteiger partial charge in [-0.3, -0.25) is 14.5 Å². The van der Waals surface area contributed by atoms with Crippen LogP contribution in [-0.2, 0) is 20.9 Å². The van der Waals surface area contributed by atoms with Crippen LogP contribution in [0.1, 0.15) is 24.2 Å². The van der Waals surface area contributed by atoms with E-state index in [1.54, 1.807) is 7.11 Å². The van der Waals surface area contributed by atoms with Crippen molar-refractivity contribution in [2.24, 2.45) is 5.41 Å². The molecule has 4 heterocycles. The second kappa shape index (κ2) is 10.9. The summed E-state index contributed by atoms with van der Waals surface area (Å²) in [4.78, 5) is 25.8. The number of aryl methyl sites for hydroxylation is 1. The summed E-state index contributed by atoms with van der Waals surface area (Å²) in [6, 6.07) is 14.1. The standard InChI is InChI=1S/C25H30N4O3.CH2O2/c1-19-8-9-22(32-19)23-20(17-29(26-23)21-6-4-3-5-7-21)16-27-12-10-25(18-27)11-13-28(24(25)30)14-15-31-2;2-1-3/h3-9,17H,10-16,18H2,1-2H3;1H,(H,2,3). The quantitative estimate of drug-likeness (QED) is 0.518. The van der Waals surface area contributed by atoms with E-state index in [0.29, 0.717) is 19.1 Å². The maximum atomic E-state index is 13.1. The third-order valence-electron chi connectivity index (χ3n) is 6.78. The van der Waals surface area contributed by atoms with Crippen LogP contribution in [-0.4, -0.2) is 77.0 Å². The Labute approximate surface area is 204 Å². The summed E-state index contributed by atoms with van der Waals surface area (Å²) in [7, 11) is 1.68. The predicted octanol–water partition coefficient (Wildman–Crippen LogP) is 3.21. The molecule has 0 bridgehead atoms. The predicted molar refractivity (Wildman–Crippen MR) is 130 cm³/mol. The van der Waals surface area contributed by atoms with E-state index >= 15 is 0 Å². The number of carbonyl (C=O) groups excluding carboxylic acids is 1. The van der Waals surface area contributed by atoms with Gasteiger partial charge in [0.1, 0.15) is 11.5 Å². The highest BCUT2D eigenvalue weighted by molar-refractivity contribution is 5.85. The topological polar surface area (TPSA) is 101 Å². The summed E-state index contributed by atoms with van der Waals surface area (Å²) in [5.74, 6) is 1.94. The van der Waals surface area contributed by atoms with Crippen LogP contribution in [0.5, 0.6) is 0 Å². The van der Waals surface area contributed by atoms with Crippen molar-refractivity contribution in [3.05, 3.63) is 60.0 Å². The Kier molecular flexibility index (Phi) is 7.67. The first-order valence-corrected chi connectivity index (χ1v) is 11.8. The van der Waals surface area contributed by atoms with Crippen molar-refractivity contribution in [1.82, 2.24) is 19.6 Å². The van der Waals surface area contributed by atoms with E-state index in [2.05, 4.69) is 11.1 Å². The van der Waals surface area contributed by atoms with Gasteiger partial charge in [0.25, 0.3) is 6.47 Å². The number of likely N-dealkylation sites (tertiary alicyclic amines) is 2. The Hall–Kier alpha value is -3.43. The molecule has 2 aromatic heterocycles. The van der Waals surface area contributed by atoms with Crippen LogP contribution in [0, 0.1) is 12.3 Å². The second-order valence-electron chi connectivity index (χ2n) is 9.07. The molecular formula is C26H32N4O5. The van der Waals surface area contributed by atoms with Crippen LogP contribution in [0.3, 0.4) is 0 Å². The molecule has 9 heteroatoms. The molecule has 1 aromatic carbocycles. The third kappa shape index (κ3) is 5.31. The average molecular weight is 481 g/mol. The number of benzene rings is 1. The SMILES string of the molecule is COCCN1CCC2(CCN(Cc3cn(-c4ccccc4)nc3-c3ccc(C)o3)C2)C1=O.O=CO. The zero-order valence-corrected chi connectivity index (χ0v) is 20.2. The molecule has 2 fully saturated rings. The third-order valence-corrected chi connectivity index (χ3v) is 6.78. The number of rotatable bonds is 7. The summed E-state index contributed by atoms with van der Waals surface area (Å²) in [6.45, 7) is 6.26. The molecule has 1 unspecified atom stereocenters. The lowest BCUT2D eigenvalue weighted by Gasteiger charge is -2.23. The number of ether oxygens (including phenoxy) is 1.